The van der Waals surface area contributed by atoms with E-state index in [1.807, 2.05) is 17.0 Å². The highest BCUT2D eigenvalue weighted by atomic mass is 16.2. The lowest BCUT2D eigenvalue weighted by Gasteiger charge is -2.23. The van der Waals surface area contributed by atoms with Crippen LogP contribution in [0.25, 0.3) is 11.0 Å². The van der Waals surface area contributed by atoms with E-state index < -0.39 is 0 Å². The lowest BCUT2D eigenvalue weighted by atomic mass is 9.88. The number of fused-ring (bicyclic) bond motifs is 1. The molecular weight excluding hydrogens is 286 g/mol. The Morgan fingerprint density at radius 1 is 1.04 bits per heavy atom. The van der Waals surface area contributed by atoms with Crippen LogP contribution in [0.15, 0.2) is 24.3 Å². The summed E-state index contributed by atoms with van der Waals surface area (Å²) in [6.07, 6.45) is 8.62. The molecule has 2 aliphatic rings. The second-order valence-corrected chi connectivity index (χ2v) is 6.97. The molecule has 0 radical (unpaired) electrons. The summed E-state index contributed by atoms with van der Waals surface area (Å²) in [7, 11) is 0. The van der Waals surface area contributed by atoms with E-state index in [-0.39, 0.29) is 5.91 Å². The number of para-hydroxylation sites is 2. The molecule has 1 saturated carbocycles. The zero-order valence-electron chi connectivity index (χ0n) is 13.7. The second kappa shape index (κ2) is 6.34. The van der Waals surface area contributed by atoms with Crippen molar-refractivity contribution in [3.05, 3.63) is 30.1 Å². The van der Waals surface area contributed by atoms with Crippen LogP contribution in [-0.4, -0.2) is 33.4 Å². The third-order valence-electron chi connectivity index (χ3n) is 5.41. The van der Waals surface area contributed by atoms with E-state index >= 15 is 0 Å². The van der Waals surface area contributed by atoms with Crippen LogP contribution >= 0.6 is 0 Å². The number of hydrogen-bond donors (Lipinski definition) is 0. The summed E-state index contributed by atoms with van der Waals surface area (Å²) in [4.78, 5) is 19.6. The van der Waals surface area contributed by atoms with Gasteiger partial charge in [-0.1, -0.05) is 31.4 Å². The number of nitrogens with zero attached hydrogens (tertiary/aromatic N) is 3. The zero-order chi connectivity index (χ0) is 15.6. The maximum absolute atomic E-state index is 12.7. The molecule has 4 nitrogen and oxygen atoms in total. The number of hydrogen-bond acceptors (Lipinski definition) is 2. The standard InChI is InChI=1S/C19H25N3O/c23-18(21-12-6-7-13-21)14-22-17-11-5-4-10-16(17)20-19(22)15-8-2-1-3-9-15/h4-5,10-11,15H,1-3,6-9,12-14H2. The Balaban J connectivity index is 1.68. The van der Waals surface area contributed by atoms with Crippen molar-refractivity contribution >= 4 is 16.9 Å². The fourth-order valence-corrected chi connectivity index (χ4v) is 4.13. The Bertz CT molecular complexity index is 694. The molecule has 4 rings (SSSR count). The molecule has 2 fully saturated rings. The number of imidazole rings is 1. The molecule has 23 heavy (non-hydrogen) atoms. The first kappa shape index (κ1) is 14.7. The quantitative estimate of drug-likeness (QED) is 0.866. The van der Waals surface area contributed by atoms with Gasteiger partial charge in [-0.05, 0) is 37.8 Å². The number of rotatable bonds is 3. The molecule has 1 amide bonds. The van der Waals surface area contributed by atoms with Crippen molar-refractivity contribution < 1.29 is 4.79 Å². The SMILES string of the molecule is O=C(Cn1c(C2CCCCC2)nc2ccccc21)N1CCCC1. The van der Waals surface area contributed by atoms with Gasteiger partial charge in [-0.3, -0.25) is 4.79 Å². The molecule has 0 unspecified atom stereocenters. The number of benzene rings is 1. The third-order valence-corrected chi connectivity index (χ3v) is 5.41. The van der Waals surface area contributed by atoms with Gasteiger partial charge in [0.15, 0.2) is 0 Å². The molecule has 0 bridgehead atoms. The number of carbonyl (C=O) groups is 1. The second-order valence-electron chi connectivity index (χ2n) is 6.97. The minimum Gasteiger partial charge on any atom is -0.341 e. The third kappa shape index (κ3) is 2.87. The van der Waals surface area contributed by atoms with Crippen LogP contribution < -0.4 is 0 Å². The first-order chi connectivity index (χ1) is 11.3. The van der Waals surface area contributed by atoms with Gasteiger partial charge >= 0.3 is 0 Å². The Hall–Kier alpha value is -1.84. The van der Waals surface area contributed by atoms with Crippen LogP contribution in [-0.2, 0) is 11.3 Å². The molecular formula is C19H25N3O. The number of amides is 1. The van der Waals surface area contributed by atoms with Crippen molar-refractivity contribution in [3.8, 4) is 0 Å². The molecule has 122 valence electrons. The highest BCUT2D eigenvalue weighted by molar-refractivity contribution is 5.81. The van der Waals surface area contributed by atoms with Gasteiger partial charge in [0.25, 0.3) is 0 Å². The van der Waals surface area contributed by atoms with Crippen LogP contribution in [0.2, 0.25) is 0 Å². The lowest BCUT2D eigenvalue weighted by Crippen LogP contribution is -2.31. The van der Waals surface area contributed by atoms with Gasteiger partial charge in [-0.15, -0.1) is 0 Å². The van der Waals surface area contributed by atoms with Crippen molar-refractivity contribution in [2.75, 3.05) is 13.1 Å². The average Bonchev–Trinajstić information content (AvgIpc) is 3.24. The van der Waals surface area contributed by atoms with Crippen molar-refractivity contribution in [2.24, 2.45) is 0 Å². The number of carbonyl (C=O) groups excluding carboxylic acids is 1. The maximum atomic E-state index is 12.7. The predicted octanol–water partition coefficient (Wildman–Crippen LogP) is 3.71. The van der Waals surface area contributed by atoms with Gasteiger partial charge in [0.2, 0.25) is 5.91 Å². The first-order valence-corrected chi connectivity index (χ1v) is 9.06. The lowest BCUT2D eigenvalue weighted by molar-refractivity contribution is -0.130. The van der Waals surface area contributed by atoms with Crippen LogP contribution in [0.4, 0.5) is 0 Å². The maximum Gasteiger partial charge on any atom is 0.242 e. The fourth-order valence-electron chi connectivity index (χ4n) is 4.13. The van der Waals surface area contributed by atoms with Crippen LogP contribution in [0.3, 0.4) is 0 Å². The zero-order valence-corrected chi connectivity index (χ0v) is 13.7. The van der Waals surface area contributed by atoms with E-state index in [2.05, 4.69) is 16.7 Å². The molecule has 4 heteroatoms. The Morgan fingerprint density at radius 2 is 1.78 bits per heavy atom. The van der Waals surface area contributed by atoms with Gasteiger partial charge in [-0.25, -0.2) is 4.98 Å². The van der Waals surface area contributed by atoms with E-state index in [1.54, 1.807) is 0 Å². The van der Waals surface area contributed by atoms with E-state index in [0.29, 0.717) is 12.5 Å². The summed E-state index contributed by atoms with van der Waals surface area (Å²) in [5.74, 6) is 1.91. The average molecular weight is 311 g/mol. The van der Waals surface area contributed by atoms with E-state index in [0.717, 1.165) is 42.8 Å². The molecule has 1 aliphatic carbocycles. The summed E-state index contributed by atoms with van der Waals surface area (Å²) in [5.41, 5.74) is 2.14. The topological polar surface area (TPSA) is 38.1 Å². The van der Waals surface area contributed by atoms with Gasteiger partial charge in [0.1, 0.15) is 12.4 Å². The van der Waals surface area contributed by atoms with Crippen LogP contribution in [0.1, 0.15) is 56.7 Å². The number of aromatic nitrogens is 2. The van der Waals surface area contributed by atoms with Crippen LogP contribution in [0.5, 0.6) is 0 Å². The molecule has 0 atom stereocenters. The summed E-state index contributed by atoms with van der Waals surface area (Å²) < 4.78 is 2.20. The van der Waals surface area contributed by atoms with Crippen molar-refractivity contribution in [1.82, 2.24) is 14.5 Å². The fraction of sp³-hybridized carbons (Fsp3) is 0.579. The van der Waals surface area contributed by atoms with Crippen molar-refractivity contribution in [3.63, 3.8) is 0 Å². The summed E-state index contributed by atoms with van der Waals surface area (Å²) in [6.45, 7) is 2.29. The normalized spacial score (nSPS) is 19.6. The minimum atomic E-state index is 0.253. The molecule has 2 heterocycles. The van der Waals surface area contributed by atoms with Crippen molar-refractivity contribution in [2.45, 2.75) is 57.4 Å². The molecule has 1 aromatic carbocycles. The van der Waals surface area contributed by atoms with Crippen molar-refractivity contribution in [1.29, 1.82) is 0 Å². The molecule has 0 spiro atoms. The molecule has 1 saturated heterocycles. The van der Waals surface area contributed by atoms with Crippen LogP contribution in [0, 0.1) is 0 Å². The summed E-state index contributed by atoms with van der Waals surface area (Å²) >= 11 is 0. The van der Waals surface area contributed by atoms with E-state index in [9.17, 15) is 4.79 Å². The summed E-state index contributed by atoms with van der Waals surface area (Å²) in [6, 6.07) is 8.25. The monoisotopic (exact) mass is 311 g/mol. The minimum absolute atomic E-state index is 0.253. The van der Waals surface area contributed by atoms with E-state index in [4.69, 9.17) is 4.98 Å². The largest absolute Gasteiger partial charge is 0.341 e. The molecule has 2 aromatic rings. The number of likely N-dealkylation sites (tertiary alicyclic amines) is 1. The molecule has 1 aromatic heterocycles. The molecule has 0 N–H and O–H groups in total. The Labute approximate surface area is 137 Å². The highest BCUT2D eigenvalue weighted by Gasteiger charge is 2.25. The van der Waals surface area contributed by atoms with E-state index in [1.165, 1.54) is 32.1 Å². The van der Waals surface area contributed by atoms with Gasteiger partial charge in [-0.2, -0.15) is 0 Å². The highest BCUT2D eigenvalue weighted by Crippen LogP contribution is 2.34. The van der Waals surface area contributed by atoms with Gasteiger partial charge in [0.05, 0.1) is 11.0 Å². The summed E-state index contributed by atoms with van der Waals surface area (Å²) in [5, 5.41) is 0. The smallest absolute Gasteiger partial charge is 0.242 e. The molecule has 1 aliphatic heterocycles. The Morgan fingerprint density at radius 3 is 2.57 bits per heavy atom. The predicted molar refractivity (Wildman–Crippen MR) is 91.4 cm³/mol. The van der Waals surface area contributed by atoms with Gasteiger partial charge in [0, 0.05) is 19.0 Å². The first-order valence-electron chi connectivity index (χ1n) is 9.06. The Kier molecular flexibility index (Phi) is 4.06. The van der Waals surface area contributed by atoms with Gasteiger partial charge < -0.3 is 9.47 Å².